The maximum absolute atomic E-state index is 12.5. The van der Waals surface area contributed by atoms with Gasteiger partial charge in [0.25, 0.3) is 0 Å². The minimum Gasteiger partial charge on any atom is -0.496 e. The number of imide groups is 2. The lowest BCUT2D eigenvalue weighted by Gasteiger charge is -2.16. The molecule has 0 saturated carbocycles. The van der Waals surface area contributed by atoms with Gasteiger partial charge in [-0.2, -0.15) is 0 Å². The zero-order chi connectivity index (χ0) is 20.1. The molecule has 0 atom stereocenters. The van der Waals surface area contributed by atoms with Crippen LogP contribution >= 0.6 is 0 Å². The molecular weight excluding hydrogens is 362 g/mol. The molecule has 0 aliphatic carbocycles. The Morgan fingerprint density at radius 2 is 1.57 bits per heavy atom. The molecule has 0 bridgehead atoms. The topological polar surface area (TPSA) is 96.0 Å². The van der Waals surface area contributed by atoms with E-state index in [2.05, 4.69) is 5.32 Å². The number of ether oxygens (including phenoxy) is 1. The molecule has 1 aliphatic rings. The Bertz CT molecular complexity index is 913. The van der Waals surface area contributed by atoms with Crippen LogP contribution in [-0.2, 0) is 27.5 Å². The van der Waals surface area contributed by atoms with Crippen molar-refractivity contribution in [2.45, 2.75) is 13.1 Å². The van der Waals surface area contributed by atoms with Crippen LogP contribution in [0, 0.1) is 0 Å². The number of urea groups is 1. The van der Waals surface area contributed by atoms with Crippen LogP contribution in [0.15, 0.2) is 54.6 Å². The zero-order valence-electron chi connectivity index (χ0n) is 15.3. The SMILES string of the molecule is COc1ccccc1CNC(=O)CN1C(=O)C(=O)N(Cc2ccccc2)C1=O. The number of nitrogens with one attached hydrogen (secondary N) is 1. The molecule has 0 aromatic heterocycles. The summed E-state index contributed by atoms with van der Waals surface area (Å²) < 4.78 is 5.21. The van der Waals surface area contributed by atoms with Gasteiger partial charge in [-0.15, -0.1) is 0 Å². The summed E-state index contributed by atoms with van der Waals surface area (Å²) in [6.07, 6.45) is 0. The standard InChI is InChI=1S/C20H19N3O5/c1-28-16-10-6-5-9-15(16)11-21-17(24)13-23-19(26)18(25)22(20(23)27)12-14-7-3-2-4-8-14/h2-10H,11-13H2,1H3,(H,21,24). The Morgan fingerprint density at radius 3 is 2.29 bits per heavy atom. The zero-order valence-corrected chi connectivity index (χ0v) is 15.3. The predicted octanol–water partition coefficient (Wildman–Crippen LogP) is 1.30. The van der Waals surface area contributed by atoms with E-state index in [1.807, 2.05) is 0 Å². The second kappa shape index (κ2) is 8.34. The minimum absolute atomic E-state index is 0.0242. The van der Waals surface area contributed by atoms with Crippen LogP contribution in [0.25, 0.3) is 0 Å². The fraction of sp³-hybridized carbons (Fsp3) is 0.200. The molecule has 0 unspecified atom stereocenters. The van der Waals surface area contributed by atoms with E-state index in [0.717, 1.165) is 10.5 Å². The number of hydrogen-bond acceptors (Lipinski definition) is 5. The minimum atomic E-state index is -1.01. The Labute approximate surface area is 161 Å². The Kier molecular flexibility index (Phi) is 5.69. The average molecular weight is 381 g/mol. The molecular formula is C20H19N3O5. The first kappa shape index (κ1) is 19.1. The molecule has 0 radical (unpaired) electrons. The second-order valence-electron chi connectivity index (χ2n) is 6.14. The molecule has 5 amide bonds. The maximum Gasteiger partial charge on any atom is 0.335 e. The highest BCUT2D eigenvalue weighted by molar-refractivity contribution is 6.44. The van der Waals surface area contributed by atoms with Crippen LogP contribution in [0.5, 0.6) is 5.75 Å². The molecule has 1 N–H and O–H groups in total. The average Bonchev–Trinajstić information content (AvgIpc) is 2.91. The molecule has 8 heteroatoms. The van der Waals surface area contributed by atoms with Gasteiger partial charge in [-0.1, -0.05) is 48.5 Å². The highest BCUT2D eigenvalue weighted by Gasteiger charge is 2.45. The van der Waals surface area contributed by atoms with Crippen molar-refractivity contribution >= 4 is 23.8 Å². The van der Waals surface area contributed by atoms with Crippen molar-refractivity contribution in [3.05, 3.63) is 65.7 Å². The summed E-state index contributed by atoms with van der Waals surface area (Å²) in [5.74, 6) is -1.89. The molecule has 1 aliphatic heterocycles. The van der Waals surface area contributed by atoms with E-state index in [0.29, 0.717) is 16.2 Å². The van der Waals surface area contributed by atoms with Crippen LogP contribution in [0.1, 0.15) is 11.1 Å². The quantitative estimate of drug-likeness (QED) is 0.576. The number of rotatable bonds is 7. The van der Waals surface area contributed by atoms with Gasteiger partial charge in [-0.25, -0.2) is 9.69 Å². The second-order valence-corrected chi connectivity index (χ2v) is 6.14. The van der Waals surface area contributed by atoms with Gasteiger partial charge in [-0.05, 0) is 11.6 Å². The van der Waals surface area contributed by atoms with E-state index in [4.69, 9.17) is 4.74 Å². The van der Waals surface area contributed by atoms with Crippen molar-refractivity contribution in [2.75, 3.05) is 13.7 Å². The largest absolute Gasteiger partial charge is 0.496 e. The monoisotopic (exact) mass is 381 g/mol. The molecule has 8 nitrogen and oxygen atoms in total. The summed E-state index contributed by atoms with van der Waals surface area (Å²) >= 11 is 0. The van der Waals surface area contributed by atoms with Crippen molar-refractivity contribution in [3.8, 4) is 5.75 Å². The number of benzene rings is 2. The molecule has 2 aromatic carbocycles. The van der Waals surface area contributed by atoms with Crippen molar-refractivity contribution < 1.29 is 23.9 Å². The summed E-state index contributed by atoms with van der Waals surface area (Å²) in [6, 6.07) is 15.2. The molecule has 0 spiro atoms. The van der Waals surface area contributed by atoms with Gasteiger partial charge >= 0.3 is 17.8 Å². The number of carbonyl (C=O) groups excluding carboxylic acids is 4. The van der Waals surface area contributed by atoms with E-state index in [-0.39, 0.29) is 13.1 Å². The van der Waals surface area contributed by atoms with Gasteiger partial charge in [-0.3, -0.25) is 19.3 Å². The van der Waals surface area contributed by atoms with E-state index in [9.17, 15) is 19.2 Å². The lowest BCUT2D eigenvalue weighted by atomic mass is 10.2. The fourth-order valence-corrected chi connectivity index (χ4v) is 2.84. The van der Waals surface area contributed by atoms with Crippen LogP contribution in [0.2, 0.25) is 0 Å². The summed E-state index contributed by atoms with van der Waals surface area (Å²) in [7, 11) is 1.52. The van der Waals surface area contributed by atoms with Crippen LogP contribution < -0.4 is 10.1 Å². The third kappa shape index (κ3) is 4.01. The number of methoxy groups -OCH3 is 1. The number of para-hydroxylation sites is 1. The summed E-state index contributed by atoms with van der Waals surface area (Å²) in [4.78, 5) is 50.4. The van der Waals surface area contributed by atoms with Crippen LogP contribution in [0.3, 0.4) is 0 Å². The van der Waals surface area contributed by atoms with Crippen LogP contribution in [0.4, 0.5) is 4.79 Å². The molecule has 2 aromatic rings. The first-order valence-corrected chi connectivity index (χ1v) is 8.61. The predicted molar refractivity (Wildman–Crippen MR) is 98.9 cm³/mol. The normalized spacial score (nSPS) is 13.8. The molecule has 3 rings (SSSR count). The highest BCUT2D eigenvalue weighted by atomic mass is 16.5. The van der Waals surface area contributed by atoms with Gasteiger partial charge < -0.3 is 10.1 Å². The molecule has 1 fully saturated rings. The van der Waals surface area contributed by atoms with Gasteiger partial charge in [0.2, 0.25) is 5.91 Å². The highest BCUT2D eigenvalue weighted by Crippen LogP contribution is 2.17. The third-order valence-electron chi connectivity index (χ3n) is 4.29. The summed E-state index contributed by atoms with van der Waals surface area (Å²) in [5, 5.41) is 2.63. The molecule has 144 valence electrons. The van der Waals surface area contributed by atoms with E-state index in [1.165, 1.54) is 7.11 Å². The smallest absolute Gasteiger partial charge is 0.335 e. The van der Waals surface area contributed by atoms with Gasteiger partial charge in [0.1, 0.15) is 12.3 Å². The summed E-state index contributed by atoms with van der Waals surface area (Å²) in [6.45, 7) is -0.381. The van der Waals surface area contributed by atoms with Crippen molar-refractivity contribution in [2.24, 2.45) is 0 Å². The molecule has 1 heterocycles. The third-order valence-corrected chi connectivity index (χ3v) is 4.29. The lowest BCUT2D eigenvalue weighted by Crippen LogP contribution is -2.41. The van der Waals surface area contributed by atoms with Gasteiger partial charge in [0, 0.05) is 12.1 Å². The Morgan fingerprint density at radius 1 is 0.929 bits per heavy atom. The molecule has 1 saturated heterocycles. The first-order chi connectivity index (χ1) is 13.5. The number of nitrogens with zero attached hydrogens (tertiary/aromatic N) is 2. The van der Waals surface area contributed by atoms with Crippen molar-refractivity contribution in [3.63, 3.8) is 0 Å². The number of carbonyl (C=O) groups is 4. The van der Waals surface area contributed by atoms with E-state index >= 15 is 0 Å². The van der Waals surface area contributed by atoms with Gasteiger partial charge in [0.15, 0.2) is 0 Å². The Balaban J connectivity index is 1.61. The summed E-state index contributed by atoms with van der Waals surface area (Å²) in [5.41, 5.74) is 1.46. The van der Waals surface area contributed by atoms with Crippen molar-refractivity contribution in [1.29, 1.82) is 0 Å². The van der Waals surface area contributed by atoms with E-state index in [1.54, 1.807) is 54.6 Å². The first-order valence-electron chi connectivity index (χ1n) is 8.61. The van der Waals surface area contributed by atoms with E-state index < -0.39 is 30.3 Å². The van der Waals surface area contributed by atoms with Gasteiger partial charge in [0.05, 0.1) is 13.7 Å². The fourth-order valence-electron chi connectivity index (χ4n) is 2.84. The van der Waals surface area contributed by atoms with Crippen LogP contribution in [-0.4, -0.2) is 47.2 Å². The number of hydrogen-bond donors (Lipinski definition) is 1. The maximum atomic E-state index is 12.5. The Hall–Kier alpha value is -3.68. The lowest BCUT2D eigenvalue weighted by molar-refractivity contribution is -0.144. The molecule has 28 heavy (non-hydrogen) atoms. The number of amides is 5. The van der Waals surface area contributed by atoms with Crippen molar-refractivity contribution in [1.82, 2.24) is 15.1 Å².